The molecule has 10 heteroatoms. The second-order valence-corrected chi connectivity index (χ2v) is 2.34. The molecule has 0 aliphatic rings. The second kappa shape index (κ2) is 17.2. The number of aliphatic imine (C=N–C) groups is 2. The first-order valence-electron chi connectivity index (χ1n) is 4.25. The number of rotatable bonds is 4. The third-order valence-corrected chi connectivity index (χ3v) is 1.10. The molecule has 2 atom stereocenters. The van der Waals surface area contributed by atoms with Crippen molar-refractivity contribution in [2.45, 2.75) is 26.2 Å². The Kier molecular flexibility index (Phi) is 25.5. The van der Waals surface area contributed by atoms with Gasteiger partial charge in [0.1, 0.15) is 12.3 Å². The van der Waals surface area contributed by atoms with Crippen molar-refractivity contribution in [3.8, 4) is 0 Å². The van der Waals surface area contributed by atoms with Gasteiger partial charge < -0.3 is 31.3 Å². The fourth-order valence-corrected chi connectivity index (χ4v) is 0.443. The number of nitrogens with two attached hydrogens (primary N) is 2. The van der Waals surface area contributed by atoms with E-state index < -0.39 is 24.3 Å². The number of nitrogens with zero attached hydrogens (tertiary/aromatic N) is 2. The molecular formula is C8H14N4Na2O4. The summed E-state index contributed by atoms with van der Waals surface area (Å²) in [4.78, 5) is 26.1. The molecule has 8 nitrogen and oxygen atoms in total. The average Bonchev–Trinajstić information content (AvgIpc) is 2.19. The molecule has 4 N–H and O–H groups in total. The van der Waals surface area contributed by atoms with Crippen LogP contribution in [0, 0.1) is 0 Å². The van der Waals surface area contributed by atoms with Gasteiger partial charge in [-0.1, -0.05) is 0 Å². The van der Waals surface area contributed by atoms with E-state index in [1.54, 1.807) is 13.8 Å². The topological polar surface area (TPSA) is 157 Å². The summed E-state index contributed by atoms with van der Waals surface area (Å²) in [6.07, 6.45) is 0.223. The minimum Gasteiger partial charge on any atom is -0.546 e. The molecule has 0 aliphatic heterocycles. The number of hydrogen-bond acceptors (Lipinski definition) is 8. The van der Waals surface area contributed by atoms with E-state index in [1.807, 2.05) is 0 Å². The van der Waals surface area contributed by atoms with Crippen LogP contribution < -0.4 is 80.8 Å². The van der Waals surface area contributed by atoms with E-state index in [4.69, 9.17) is 11.5 Å². The Bertz CT molecular complexity index is 258. The first-order valence-corrected chi connectivity index (χ1v) is 4.25. The van der Waals surface area contributed by atoms with Crippen molar-refractivity contribution >= 4 is 24.4 Å². The van der Waals surface area contributed by atoms with Crippen molar-refractivity contribution in [2.24, 2.45) is 21.5 Å². The van der Waals surface area contributed by atoms with Crippen molar-refractivity contribution < 1.29 is 78.9 Å². The maximum atomic E-state index is 9.74. The molecule has 0 aromatic heterocycles. The summed E-state index contributed by atoms with van der Waals surface area (Å²) in [6, 6.07) is 0. The summed E-state index contributed by atoms with van der Waals surface area (Å²) in [5.74, 6) is -2.72. The van der Waals surface area contributed by atoms with Crippen LogP contribution in [0.4, 0.5) is 0 Å². The van der Waals surface area contributed by atoms with Crippen molar-refractivity contribution in [1.29, 1.82) is 0 Å². The Morgan fingerprint density at radius 3 is 1.22 bits per heavy atom. The Labute approximate surface area is 150 Å². The van der Waals surface area contributed by atoms with E-state index in [-0.39, 0.29) is 59.1 Å². The number of carboxylic acids is 2. The molecule has 0 aromatic carbocycles. The largest absolute Gasteiger partial charge is 1.00 e. The molecule has 0 spiro atoms. The molecule has 0 heterocycles. The van der Waals surface area contributed by atoms with Crippen molar-refractivity contribution in [3.63, 3.8) is 0 Å². The zero-order valence-electron chi connectivity index (χ0n) is 11.0. The van der Waals surface area contributed by atoms with Gasteiger partial charge in [0.25, 0.3) is 0 Å². The molecule has 18 heavy (non-hydrogen) atoms. The first-order chi connectivity index (χ1) is 7.36. The van der Waals surface area contributed by atoms with Crippen LogP contribution >= 0.6 is 0 Å². The summed E-state index contributed by atoms with van der Waals surface area (Å²) >= 11 is 0. The van der Waals surface area contributed by atoms with Crippen LogP contribution in [-0.4, -0.2) is 36.7 Å². The van der Waals surface area contributed by atoms with Crippen LogP contribution in [0.3, 0.4) is 0 Å². The van der Waals surface area contributed by atoms with Crippen molar-refractivity contribution in [3.05, 3.63) is 0 Å². The molecule has 0 fully saturated rings. The quantitative estimate of drug-likeness (QED) is 0.383. The van der Waals surface area contributed by atoms with Gasteiger partial charge in [-0.25, -0.2) is 0 Å². The average molecular weight is 276 g/mol. The Morgan fingerprint density at radius 2 is 1.17 bits per heavy atom. The predicted molar refractivity (Wildman–Crippen MR) is 54.3 cm³/mol. The van der Waals surface area contributed by atoms with E-state index in [0.29, 0.717) is 0 Å². The van der Waals surface area contributed by atoms with Gasteiger partial charge in [0, 0.05) is 0 Å². The minimum absolute atomic E-state index is 0. The van der Waals surface area contributed by atoms with Crippen LogP contribution in [-0.2, 0) is 9.59 Å². The molecule has 0 saturated heterocycles. The predicted octanol–water partition coefficient (Wildman–Crippen LogP) is -9.77. The van der Waals surface area contributed by atoms with Crippen LogP contribution in [0.2, 0.25) is 0 Å². The van der Waals surface area contributed by atoms with Gasteiger partial charge in [-0.2, -0.15) is 0 Å². The summed E-state index contributed by atoms with van der Waals surface area (Å²) in [5.41, 5.74) is 9.73. The Morgan fingerprint density at radius 1 is 0.944 bits per heavy atom. The number of carboxylic acid groups (broad SMARTS) is 2. The van der Waals surface area contributed by atoms with Gasteiger partial charge in [0.2, 0.25) is 0 Å². The summed E-state index contributed by atoms with van der Waals surface area (Å²) in [6.45, 7) is 3.17. The van der Waals surface area contributed by atoms with Crippen LogP contribution in [0.15, 0.2) is 9.98 Å². The fraction of sp³-hybridized carbons (Fsp3) is 0.500. The molecule has 0 saturated carbocycles. The van der Waals surface area contributed by atoms with Crippen molar-refractivity contribution in [1.82, 2.24) is 0 Å². The number of carbonyl (C=O) groups is 2. The van der Waals surface area contributed by atoms with Gasteiger partial charge >= 0.3 is 59.1 Å². The van der Waals surface area contributed by atoms with Gasteiger partial charge in [-0.3, -0.25) is 9.98 Å². The maximum absolute atomic E-state index is 9.74. The summed E-state index contributed by atoms with van der Waals surface area (Å²) < 4.78 is 0. The van der Waals surface area contributed by atoms with Gasteiger partial charge in [-0.05, 0) is 26.3 Å². The van der Waals surface area contributed by atoms with E-state index >= 15 is 0 Å². The Balaban J connectivity index is -0.0000000980. The SMILES string of the molecule is CC=NC(N)C(=O)[O-].CC=NC(N)C(=O)[O-].[Na+].[Na+]. The van der Waals surface area contributed by atoms with Gasteiger partial charge in [0.15, 0.2) is 0 Å². The third-order valence-electron chi connectivity index (χ3n) is 1.10. The number of hydrogen-bond donors (Lipinski definition) is 2. The van der Waals surface area contributed by atoms with E-state index in [2.05, 4.69) is 9.98 Å². The fourth-order valence-electron chi connectivity index (χ4n) is 0.443. The van der Waals surface area contributed by atoms with Crippen LogP contribution in [0.5, 0.6) is 0 Å². The normalized spacial score (nSPS) is 12.7. The summed E-state index contributed by atoms with van der Waals surface area (Å²) in [7, 11) is 0. The molecule has 0 rings (SSSR count). The zero-order valence-corrected chi connectivity index (χ0v) is 15.0. The summed E-state index contributed by atoms with van der Waals surface area (Å²) in [5, 5.41) is 19.5. The zero-order chi connectivity index (χ0) is 13.1. The standard InChI is InChI=1S/2C4H8N2O2.2Na/c2*1-2-6-3(5)4(7)8;;/h2*2-3H,5H2,1H3,(H,7,8);;/q;;2*+1/p-2. The molecule has 92 valence electrons. The Hall–Kier alpha value is 0.200. The van der Waals surface area contributed by atoms with Gasteiger partial charge in [-0.15, -0.1) is 0 Å². The van der Waals surface area contributed by atoms with E-state index in [9.17, 15) is 19.8 Å². The number of aliphatic carboxylic acids is 2. The second-order valence-electron chi connectivity index (χ2n) is 2.34. The molecule has 0 radical (unpaired) electrons. The van der Waals surface area contributed by atoms with E-state index in [0.717, 1.165) is 0 Å². The van der Waals surface area contributed by atoms with Gasteiger partial charge in [0.05, 0.1) is 11.9 Å². The van der Waals surface area contributed by atoms with E-state index in [1.165, 1.54) is 12.4 Å². The van der Waals surface area contributed by atoms with Crippen LogP contribution in [0.25, 0.3) is 0 Å². The minimum atomic E-state index is -1.36. The first kappa shape index (κ1) is 26.7. The van der Waals surface area contributed by atoms with Crippen LogP contribution in [0.1, 0.15) is 13.8 Å². The monoisotopic (exact) mass is 276 g/mol. The number of carbonyl (C=O) groups excluding carboxylic acids is 2. The molecular weight excluding hydrogens is 262 g/mol. The smallest absolute Gasteiger partial charge is 0.546 e. The maximum Gasteiger partial charge on any atom is 1.00 e. The molecule has 0 amide bonds. The molecule has 0 aromatic rings. The molecule has 0 bridgehead atoms. The molecule has 2 unspecified atom stereocenters. The molecule has 0 aliphatic carbocycles. The van der Waals surface area contributed by atoms with Crippen molar-refractivity contribution in [2.75, 3.05) is 0 Å². The third kappa shape index (κ3) is 18.6.